The first-order valence-corrected chi connectivity index (χ1v) is 11.7. The van der Waals surface area contributed by atoms with Crippen molar-refractivity contribution in [2.45, 2.75) is 33.2 Å². The number of carbonyl (C=O) groups excluding carboxylic acids is 1. The summed E-state index contributed by atoms with van der Waals surface area (Å²) in [5.41, 5.74) is 3.14. The molecule has 2 aromatic rings. The van der Waals surface area contributed by atoms with Crippen LogP contribution in [0.25, 0.3) is 0 Å². The zero-order chi connectivity index (χ0) is 21.8. The van der Waals surface area contributed by atoms with Crippen LogP contribution >= 0.6 is 11.3 Å². The largest absolute Gasteiger partial charge is 0.357 e. The van der Waals surface area contributed by atoms with E-state index in [1.165, 1.54) is 5.56 Å². The molecule has 3 N–H and O–H groups in total. The topological polar surface area (TPSA) is 68.8 Å². The van der Waals surface area contributed by atoms with Gasteiger partial charge in [-0.15, -0.1) is 0 Å². The number of aliphatic imine (C=N–C) groups is 1. The minimum absolute atomic E-state index is 0.0596. The summed E-state index contributed by atoms with van der Waals surface area (Å²) >= 11 is 1.73. The Morgan fingerprint density at radius 2 is 1.97 bits per heavy atom. The van der Waals surface area contributed by atoms with Gasteiger partial charge >= 0.3 is 0 Å². The van der Waals surface area contributed by atoms with E-state index in [0.717, 1.165) is 44.1 Å². The van der Waals surface area contributed by atoms with E-state index >= 15 is 0 Å². The lowest BCUT2D eigenvalue weighted by Crippen LogP contribution is -2.39. The number of hydrogen-bond donors (Lipinski definition) is 3. The third-order valence-corrected chi connectivity index (χ3v) is 5.77. The molecule has 1 unspecified atom stereocenters. The number of guanidine groups is 1. The molecule has 1 atom stereocenters. The normalized spacial score (nSPS) is 12.6. The van der Waals surface area contributed by atoms with E-state index in [-0.39, 0.29) is 11.9 Å². The monoisotopic (exact) mass is 429 g/mol. The van der Waals surface area contributed by atoms with Gasteiger partial charge in [-0.3, -0.25) is 14.7 Å². The van der Waals surface area contributed by atoms with Crippen LogP contribution in [0.4, 0.5) is 0 Å². The second kappa shape index (κ2) is 13.0. The van der Waals surface area contributed by atoms with Crippen molar-refractivity contribution in [3.8, 4) is 0 Å². The molecule has 0 fully saturated rings. The maximum absolute atomic E-state index is 11.8. The second-order valence-corrected chi connectivity index (χ2v) is 7.75. The molecule has 1 heterocycles. The molecule has 6 nitrogen and oxygen atoms in total. The lowest BCUT2D eigenvalue weighted by atomic mass is 10.1. The van der Waals surface area contributed by atoms with Gasteiger partial charge in [0.25, 0.3) is 5.91 Å². The van der Waals surface area contributed by atoms with Crippen molar-refractivity contribution in [2.24, 2.45) is 4.99 Å². The molecular formula is C23H35N5OS. The van der Waals surface area contributed by atoms with E-state index in [1.54, 1.807) is 18.4 Å². The van der Waals surface area contributed by atoms with Gasteiger partial charge in [0.2, 0.25) is 0 Å². The van der Waals surface area contributed by atoms with Crippen molar-refractivity contribution in [3.05, 3.63) is 57.8 Å². The minimum Gasteiger partial charge on any atom is -0.357 e. The molecule has 0 saturated carbocycles. The molecule has 1 aromatic carbocycles. The molecule has 0 aliphatic heterocycles. The molecule has 0 aliphatic carbocycles. The molecule has 7 heteroatoms. The molecule has 0 spiro atoms. The number of rotatable bonds is 11. The van der Waals surface area contributed by atoms with Crippen LogP contribution in [0.5, 0.6) is 0 Å². The number of nitrogens with one attached hydrogen (secondary N) is 3. The summed E-state index contributed by atoms with van der Waals surface area (Å²) in [5.74, 6) is 0.767. The van der Waals surface area contributed by atoms with Crippen molar-refractivity contribution < 1.29 is 4.79 Å². The smallest absolute Gasteiger partial charge is 0.251 e. The fourth-order valence-corrected chi connectivity index (χ4v) is 4.12. The van der Waals surface area contributed by atoms with Crippen LogP contribution in [0.1, 0.15) is 48.3 Å². The first-order valence-electron chi connectivity index (χ1n) is 10.7. The number of carbonyl (C=O) groups is 1. The van der Waals surface area contributed by atoms with Crippen molar-refractivity contribution in [3.63, 3.8) is 0 Å². The zero-order valence-corrected chi connectivity index (χ0v) is 19.4. The molecule has 164 valence electrons. The van der Waals surface area contributed by atoms with Gasteiger partial charge in [-0.2, -0.15) is 11.3 Å². The lowest BCUT2D eigenvalue weighted by molar-refractivity contribution is 0.0963. The van der Waals surface area contributed by atoms with E-state index in [2.05, 4.69) is 58.4 Å². The molecule has 0 saturated heterocycles. The van der Waals surface area contributed by atoms with Crippen LogP contribution in [0.3, 0.4) is 0 Å². The van der Waals surface area contributed by atoms with Crippen molar-refractivity contribution in [1.82, 2.24) is 20.9 Å². The lowest BCUT2D eigenvalue weighted by Gasteiger charge is -2.28. The van der Waals surface area contributed by atoms with Crippen LogP contribution < -0.4 is 16.0 Å². The molecule has 2 rings (SSSR count). The molecule has 0 aliphatic rings. The molecule has 0 radical (unpaired) electrons. The highest BCUT2D eigenvalue weighted by Crippen LogP contribution is 2.23. The Morgan fingerprint density at radius 1 is 1.17 bits per heavy atom. The standard InChI is InChI=1S/C23H35N5OS/c1-5-25-23(26-13-11-18-9-8-10-19(15-18)22(29)24-4)27-16-21(28(6-2)7-3)20-12-14-30-17-20/h8-10,12,14-15,17,21H,5-7,11,13,16H2,1-4H3,(H,24,29)(H2,25,26,27). The molecule has 30 heavy (non-hydrogen) atoms. The first kappa shape index (κ1) is 23.9. The van der Waals surface area contributed by atoms with Gasteiger partial charge < -0.3 is 16.0 Å². The Hall–Kier alpha value is -2.38. The van der Waals surface area contributed by atoms with Crippen LogP contribution in [-0.4, -0.2) is 56.5 Å². The molecule has 1 aromatic heterocycles. The van der Waals surface area contributed by atoms with Gasteiger partial charge in [-0.25, -0.2) is 0 Å². The number of thiophene rings is 1. The zero-order valence-electron chi connectivity index (χ0n) is 18.6. The Bertz CT molecular complexity index is 787. The number of likely N-dealkylation sites (N-methyl/N-ethyl adjacent to an activating group) is 1. The van der Waals surface area contributed by atoms with Crippen LogP contribution in [-0.2, 0) is 6.42 Å². The maximum atomic E-state index is 11.8. The summed E-state index contributed by atoms with van der Waals surface area (Å²) in [4.78, 5) is 19.1. The van der Waals surface area contributed by atoms with Gasteiger partial charge in [-0.1, -0.05) is 26.0 Å². The molecular weight excluding hydrogens is 394 g/mol. The van der Waals surface area contributed by atoms with Crippen molar-refractivity contribution in [2.75, 3.05) is 39.8 Å². The minimum atomic E-state index is -0.0596. The highest BCUT2D eigenvalue weighted by molar-refractivity contribution is 7.07. The fraction of sp³-hybridized carbons (Fsp3) is 0.478. The predicted molar refractivity (Wildman–Crippen MR) is 127 cm³/mol. The fourth-order valence-electron chi connectivity index (χ4n) is 3.42. The quantitative estimate of drug-likeness (QED) is 0.379. The Balaban J connectivity index is 2.00. The van der Waals surface area contributed by atoms with E-state index < -0.39 is 0 Å². The summed E-state index contributed by atoms with van der Waals surface area (Å²) < 4.78 is 0. The third kappa shape index (κ3) is 7.15. The second-order valence-electron chi connectivity index (χ2n) is 6.97. The summed E-state index contributed by atoms with van der Waals surface area (Å²) in [6.45, 7) is 10.7. The summed E-state index contributed by atoms with van der Waals surface area (Å²) in [7, 11) is 1.65. The third-order valence-electron chi connectivity index (χ3n) is 5.07. The van der Waals surface area contributed by atoms with Gasteiger partial charge in [0.15, 0.2) is 5.96 Å². The number of benzene rings is 1. The summed E-state index contributed by atoms with van der Waals surface area (Å²) in [5, 5.41) is 13.8. The van der Waals surface area contributed by atoms with E-state index in [0.29, 0.717) is 12.1 Å². The van der Waals surface area contributed by atoms with E-state index in [9.17, 15) is 4.79 Å². The van der Waals surface area contributed by atoms with Crippen LogP contribution in [0, 0.1) is 0 Å². The van der Waals surface area contributed by atoms with Gasteiger partial charge in [0, 0.05) is 25.7 Å². The molecule has 1 amide bonds. The van der Waals surface area contributed by atoms with Crippen LogP contribution in [0.2, 0.25) is 0 Å². The Morgan fingerprint density at radius 3 is 2.60 bits per heavy atom. The Labute approximate surface area is 184 Å². The predicted octanol–water partition coefficient (Wildman–Crippen LogP) is 3.29. The van der Waals surface area contributed by atoms with E-state index in [1.807, 2.05) is 24.3 Å². The Kier molecular flexibility index (Phi) is 10.4. The van der Waals surface area contributed by atoms with Crippen LogP contribution in [0.15, 0.2) is 46.1 Å². The SMILES string of the molecule is CCNC(=NCC(c1ccsc1)N(CC)CC)NCCc1cccc(C(=O)NC)c1. The number of amides is 1. The number of nitrogens with zero attached hydrogens (tertiary/aromatic N) is 2. The summed E-state index contributed by atoms with van der Waals surface area (Å²) in [6.07, 6.45) is 0.819. The number of hydrogen-bond acceptors (Lipinski definition) is 4. The average molecular weight is 430 g/mol. The highest BCUT2D eigenvalue weighted by Gasteiger charge is 2.18. The van der Waals surface area contributed by atoms with Gasteiger partial charge in [0.05, 0.1) is 12.6 Å². The van der Waals surface area contributed by atoms with E-state index in [4.69, 9.17) is 4.99 Å². The van der Waals surface area contributed by atoms with Crippen molar-refractivity contribution in [1.29, 1.82) is 0 Å². The van der Waals surface area contributed by atoms with Gasteiger partial charge in [0.1, 0.15) is 0 Å². The van der Waals surface area contributed by atoms with Crippen molar-refractivity contribution >= 4 is 23.2 Å². The first-order chi connectivity index (χ1) is 14.6. The van der Waals surface area contributed by atoms with Gasteiger partial charge in [-0.05, 0) is 66.5 Å². The summed E-state index contributed by atoms with van der Waals surface area (Å²) in [6, 6.07) is 10.2. The maximum Gasteiger partial charge on any atom is 0.251 e. The average Bonchev–Trinajstić information content (AvgIpc) is 3.30. The molecule has 0 bridgehead atoms. The highest BCUT2D eigenvalue weighted by atomic mass is 32.1.